The summed E-state index contributed by atoms with van der Waals surface area (Å²) in [4.78, 5) is 4.74. The van der Waals surface area contributed by atoms with Crippen molar-refractivity contribution in [2.24, 2.45) is 0 Å². The van der Waals surface area contributed by atoms with Crippen molar-refractivity contribution in [2.75, 3.05) is 0 Å². The fraction of sp³-hybridized carbons (Fsp3) is 0.0455. The van der Waals surface area contributed by atoms with Crippen LogP contribution in [0.4, 0.5) is 0 Å². The van der Waals surface area contributed by atoms with Crippen LogP contribution in [0.25, 0.3) is 33.3 Å². The molecular weight excluding hydrogens is 294 g/mol. The molecule has 0 bridgehead atoms. The zero-order valence-corrected chi connectivity index (χ0v) is 13.0. The number of nitrogens with zero attached hydrogens (tertiary/aromatic N) is 1. The van der Waals surface area contributed by atoms with Crippen molar-refractivity contribution in [3.63, 3.8) is 0 Å². The molecule has 1 aliphatic carbocycles. The molecule has 2 heteroatoms. The van der Waals surface area contributed by atoms with E-state index in [9.17, 15) is 5.11 Å². The molecule has 3 aromatic carbocycles. The summed E-state index contributed by atoms with van der Waals surface area (Å²) in [5, 5.41) is 11.1. The molecule has 0 radical (unpaired) electrons. The number of aromatic hydroxyl groups is 1. The maximum Gasteiger partial charge on any atom is 0.141 e. The number of fused-ring (bicyclic) bond motifs is 4. The van der Waals surface area contributed by atoms with Crippen LogP contribution in [0.3, 0.4) is 0 Å². The molecule has 0 saturated carbocycles. The minimum Gasteiger partial charge on any atom is -0.506 e. The Morgan fingerprint density at radius 1 is 0.708 bits per heavy atom. The van der Waals surface area contributed by atoms with Gasteiger partial charge >= 0.3 is 0 Å². The van der Waals surface area contributed by atoms with E-state index in [2.05, 4.69) is 42.5 Å². The summed E-state index contributed by atoms with van der Waals surface area (Å²) >= 11 is 0. The van der Waals surface area contributed by atoms with Gasteiger partial charge in [0.2, 0.25) is 0 Å². The van der Waals surface area contributed by atoms with E-state index < -0.39 is 0 Å². The van der Waals surface area contributed by atoms with Gasteiger partial charge in [0.25, 0.3) is 0 Å². The Bertz CT molecular complexity index is 1100. The lowest BCUT2D eigenvalue weighted by molar-refractivity contribution is 0.480. The van der Waals surface area contributed by atoms with Crippen molar-refractivity contribution in [1.82, 2.24) is 4.98 Å². The van der Waals surface area contributed by atoms with E-state index in [1.54, 1.807) is 6.07 Å². The van der Waals surface area contributed by atoms with Crippen molar-refractivity contribution < 1.29 is 5.11 Å². The summed E-state index contributed by atoms with van der Waals surface area (Å²) in [5.74, 6) is 0.227. The second-order valence-electron chi connectivity index (χ2n) is 6.21. The average molecular weight is 309 g/mol. The van der Waals surface area contributed by atoms with Crippen molar-refractivity contribution in [3.05, 3.63) is 83.9 Å². The van der Waals surface area contributed by atoms with E-state index in [1.165, 1.54) is 22.3 Å². The molecule has 1 aliphatic rings. The molecule has 0 saturated heterocycles. The van der Waals surface area contributed by atoms with Gasteiger partial charge in [-0.25, -0.2) is 4.98 Å². The number of benzene rings is 3. The normalized spacial score (nSPS) is 12.2. The van der Waals surface area contributed by atoms with E-state index in [0.29, 0.717) is 5.52 Å². The van der Waals surface area contributed by atoms with Gasteiger partial charge in [-0.3, -0.25) is 0 Å². The summed E-state index contributed by atoms with van der Waals surface area (Å²) in [6, 6.07) is 24.5. The lowest BCUT2D eigenvalue weighted by Crippen LogP contribution is -1.91. The minimum atomic E-state index is 0.227. The second-order valence-corrected chi connectivity index (χ2v) is 6.21. The molecule has 0 atom stereocenters. The molecule has 114 valence electrons. The van der Waals surface area contributed by atoms with Gasteiger partial charge in [-0.05, 0) is 40.8 Å². The highest BCUT2D eigenvalue weighted by Crippen LogP contribution is 2.41. The first-order valence-corrected chi connectivity index (χ1v) is 8.10. The maximum absolute atomic E-state index is 10.1. The third kappa shape index (κ3) is 1.86. The van der Waals surface area contributed by atoms with Crippen LogP contribution in [-0.2, 0) is 6.42 Å². The van der Waals surface area contributed by atoms with E-state index >= 15 is 0 Å². The van der Waals surface area contributed by atoms with E-state index in [0.717, 1.165) is 23.1 Å². The van der Waals surface area contributed by atoms with E-state index in [1.807, 2.05) is 24.3 Å². The number of phenolic OH excluding ortho intramolecular Hbond substituents is 1. The van der Waals surface area contributed by atoms with Gasteiger partial charge in [0.1, 0.15) is 11.3 Å². The number of aromatic nitrogens is 1. The Kier molecular flexibility index (Phi) is 2.74. The van der Waals surface area contributed by atoms with Gasteiger partial charge in [-0.15, -0.1) is 0 Å². The van der Waals surface area contributed by atoms with Gasteiger partial charge in [0.05, 0.1) is 5.69 Å². The highest BCUT2D eigenvalue weighted by molar-refractivity contribution is 5.89. The summed E-state index contributed by atoms with van der Waals surface area (Å²) in [6.45, 7) is 0. The van der Waals surface area contributed by atoms with Gasteiger partial charge in [0.15, 0.2) is 0 Å². The molecule has 0 spiro atoms. The molecule has 2 nitrogen and oxygen atoms in total. The molecule has 1 N–H and O–H groups in total. The van der Waals surface area contributed by atoms with Gasteiger partial charge in [-0.1, -0.05) is 60.7 Å². The molecule has 1 aromatic heterocycles. The predicted molar refractivity (Wildman–Crippen MR) is 97.1 cm³/mol. The van der Waals surface area contributed by atoms with Crippen LogP contribution in [0, 0.1) is 0 Å². The lowest BCUT2D eigenvalue weighted by atomic mass is 9.98. The van der Waals surface area contributed by atoms with Crippen LogP contribution in [0.15, 0.2) is 72.8 Å². The Morgan fingerprint density at radius 3 is 2.46 bits per heavy atom. The number of hydrogen-bond acceptors (Lipinski definition) is 2. The van der Waals surface area contributed by atoms with Crippen LogP contribution in [0.5, 0.6) is 5.75 Å². The average Bonchev–Trinajstić information content (AvgIpc) is 3.01. The van der Waals surface area contributed by atoms with Gasteiger partial charge in [0, 0.05) is 10.9 Å². The van der Waals surface area contributed by atoms with Crippen LogP contribution in [-0.4, -0.2) is 10.1 Å². The molecule has 24 heavy (non-hydrogen) atoms. The molecule has 1 heterocycles. The van der Waals surface area contributed by atoms with Crippen molar-refractivity contribution in [3.8, 4) is 28.1 Å². The molecule has 0 aliphatic heterocycles. The monoisotopic (exact) mass is 309 g/mol. The Balaban J connectivity index is 1.73. The van der Waals surface area contributed by atoms with Crippen LogP contribution in [0.2, 0.25) is 0 Å². The van der Waals surface area contributed by atoms with Crippen molar-refractivity contribution >= 4 is 10.9 Å². The molecule has 4 aromatic rings. The maximum atomic E-state index is 10.1. The fourth-order valence-electron chi connectivity index (χ4n) is 3.68. The van der Waals surface area contributed by atoms with Gasteiger partial charge in [-0.2, -0.15) is 0 Å². The quantitative estimate of drug-likeness (QED) is 0.463. The van der Waals surface area contributed by atoms with Crippen LogP contribution >= 0.6 is 0 Å². The number of pyridine rings is 1. The van der Waals surface area contributed by atoms with Crippen LogP contribution < -0.4 is 0 Å². The zero-order chi connectivity index (χ0) is 16.1. The molecule has 0 fully saturated rings. The first-order chi connectivity index (χ1) is 11.8. The number of hydrogen-bond donors (Lipinski definition) is 1. The highest BCUT2D eigenvalue weighted by Gasteiger charge is 2.21. The summed E-state index contributed by atoms with van der Waals surface area (Å²) < 4.78 is 0. The standard InChI is InChI=1S/C22H15NO/c24-21-10-3-6-14-11-12-20(23-22(14)21)18-9-4-8-17-16-7-2-1-5-15(16)13-19(17)18/h1-12,24H,13H2. The molecule has 0 amide bonds. The van der Waals surface area contributed by atoms with Crippen molar-refractivity contribution in [1.29, 1.82) is 0 Å². The Morgan fingerprint density at radius 2 is 1.50 bits per heavy atom. The number of rotatable bonds is 1. The first kappa shape index (κ1) is 13.3. The first-order valence-electron chi connectivity index (χ1n) is 8.10. The highest BCUT2D eigenvalue weighted by atomic mass is 16.3. The Labute approximate surface area is 140 Å². The largest absolute Gasteiger partial charge is 0.506 e. The SMILES string of the molecule is Oc1cccc2ccc(-c3cccc4c3Cc3ccccc3-4)nc12. The third-order valence-corrected chi connectivity index (χ3v) is 4.83. The second kappa shape index (κ2) is 4.93. The fourth-order valence-corrected chi connectivity index (χ4v) is 3.68. The van der Waals surface area contributed by atoms with Crippen molar-refractivity contribution in [2.45, 2.75) is 6.42 Å². The zero-order valence-electron chi connectivity index (χ0n) is 13.0. The topological polar surface area (TPSA) is 33.1 Å². The predicted octanol–water partition coefficient (Wildman–Crippen LogP) is 5.18. The summed E-state index contributed by atoms with van der Waals surface area (Å²) in [5.41, 5.74) is 8.01. The minimum absolute atomic E-state index is 0.227. The summed E-state index contributed by atoms with van der Waals surface area (Å²) in [7, 11) is 0. The summed E-state index contributed by atoms with van der Waals surface area (Å²) in [6.07, 6.45) is 0.933. The molecule has 5 rings (SSSR count). The van der Waals surface area contributed by atoms with Gasteiger partial charge < -0.3 is 5.11 Å². The molecule has 0 unspecified atom stereocenters. The number of para-hydroxylation sites is 1. The Hall–Kier alpha value is -3.13. The molecular formula is C22H15NO. The van der Waals surface area contributed by atoms with Crippen LogP contribution in [0.1, 0.15) is 11.1 Å². The third-order valence-electron chi connectivity index (χ3n) is 4.83. The van der Waals surface area contributed by atoms with E-state index in [-0.39, 0.29) is 5.75 Å². The number of phenols is 1. The lowest BCUT2D eigenvalue weighted by Gasteiger charge is -2.09. The smallest absolute Gasteiger partial charge is 0.141 e. The van der Waals surface area contributed by atoms with E-state index in [4.69, 9.17) is 4.98 Å².